The van der Waals surface area contributed by atoms with Crippen molar-refractivity contribution in [3.8, 4) is 11.4 Å². The molecule has 1 unspecified atom stereocenters. The number of carbonyl (C=O) groups is 1. The van der Waals surface area contributed by atoms with Crippen molar-refractivity contribution < 1.29 is 4.79 Å². The minimum atomic E-state index is -0.269. The van der Waals surface area contributed by atoms with Gasteiger partial charge in [0.25, 0.3) is 0 Å². The van der Waals surface area contributed by atoms with Crippen molar-refractivity contribution in [3.05, 3.63) is 66.2 Å². The quantitative estimate of drug-likeness (QED) is 0.654. The van der Waals surface area contributed by atoms with Gasteiger partial charge in [-0.05, 0) is 32.4 Å². The first-order valence-corrected chi connectivity index (χ1v) is 10.5. The van der Waals surface area contributed by atoms with Crippen LogP contribution in [0.5, 0.6) is 0 Å². The lowest BCUT2D eigenvalue weighted by Crippen LogP contribution is -2.39. The minimum absolute atomic E-state index is 0.131. The van der Waals surface area contributed by atoms with Crippen LogP contribution in [0, 0.1) is 6.92 Å². The SMILES string of the molecule is Cc1cccc(-c2ncc(CN3CCCN(C(=O)C(C)n4cccn4)CC3)cn2)c1. The van der Waals surface area contributed by atoms with E-state index in [9.17, 15) is 4.79 Å². The first-order valence-electron chi connectivity index (χ1n) is 10.5. The van der Waals surface area contributed by atoms with Crippen molar-refractivity contribution in [1.29, 1.82) is 0 Å². The maximum absolute atomic E-state index is 12.8. The first kappa shape index (κ1) is 20.2. The second-order valence-corrected chi connectivity index (χ2v) is 7.90. The van der Waals surface area contributed by atoms with Crippen LogP contribution in [0.3, 0.4) is 0 Å². The van der Waals surface area contributed by atoms with Crippen molar-refractivity contribution in [3.63, 3.8) is 0 Å². The number of aromatic nitrogens is 4. The van der Waals surface area contributed by atoms with Gasteiger partial charge in [-0.1, -0.05) is 23.8 Å². The van der Waals surface area contributed by atoms with Crippen LogP contribution in [0.25, 0.3) is 11.4 Å². The number of hydrogen-bond acceptors (Lipinski definition) is 5. The zero-order valence-corrected chi connectivity index (χ0v) is 17.6. The fraction of sp³-hybridized carbons (Fsp3) is 0.391. The predicted molar refractivity (Wildman–Crippen MR) is 116 cm³/mol. The molecule has 0 spiro atoms. The molecule has 0 aliphatic carbocycles. The van der Waals surface area contributed by atoms with Crippen LogP contribution in [0.2, 0.25) is 0 Å². The molecule has 7 heteroatoms. The molecule has 3 heterocycles. The summed E-state index contributed by atoms with van der Waals surface area (Å²) >= 11 is 0. The zero-order chi connectivity index (χ0) is 20.9. The van der Waals surface area contributed by atoms with E-state index < -0.39 is 0 Å². The van der Waals surface area contributed by atoms with Crippen LogP contribution >= 0.6 is 0 Å². The third-order valence-corrected chi connectivity index (χ3v) is 5.57. The minimum Gasteiger partial charge on any atom is -0.340 e. The van der Waals surface area contributed by atoms with Crippen molar-refractivity contribution in [2.24, 2.45) is 0 Å². The lowest BCUT2D eigenvalue weighted by Gasteiger charge is -2.25. The van der Waals surface area contributed by atoms with Gasteiger partial charge in [-0.2, -0.15) is 5.10 Å². The molecule has 2 aromatic heterocycles. The van der Waals surface area contributed by atoms with Crippen molar-refractivity contribution in [1.82, 2.24) is 29.5 Å². The molecule has 1 atom stereocenters. The summed E-state index contributed by atoms with van der Waals surface area (Å²) < 4.78 is 1.72. The smallest absolute Gasteiger partial charge is 0.247 e. The van der Waals surface area contributed by atoms with Crippen molar-refractivity contribution in [2.45, 2.75) is 32.9 Å². The zero-order valence-electron chi connectivity index (χ0n) is 17.6. The molecule has 0 radical (unpaired) electrons. The molecule has 1 fully saturated rings. The first-order chi connectivity index (χ1) is 14.6. The van der Waals surface area contributed by atoms with Gasteiger partial charge in [0.05, 0.1) is 0 Å². The fourth-order valence-electron chi connectivity index (χ4n) is 3.86. The van der Waals surface area contributed by atoms with Crippen molar-refractivity contribution in [2.75, 3.05) is 26.2 Å². The van der Waals surface area contributed by atoms with E-state index in [0.717, 1.165) is 56.1 Å². The molecule has 156 valence electrons. The van der Waals surface area contributed by atoms with Crippen LogP contribution in [-0.2, 0) is 11.3 Å². The molecule has 1 aliphatic rings. The van der Waals surface area contributed by atoms with E-state index in [1.807, 2.05) is 48.6 Å². The lowest BCUT2D eigenvalue weighted by atomic mass is 10.1. The van der Waals surface area contributed by atoms with E-state index in [4.69, 9.17) is 0 Å². The summed E-state index contributed by atoms with van der Waals surface area (Å²) in [6.45, 7) is 8.09. The number of nitrogens with zero attached hydrogens (tertiary/aromatic N) is 6. The number of amides is 1. The summed E-state index contributed by atoms with van der Waals surface area (Å²) in [5, 5.41) is 4.20. The summed E-state index contributed by atoms with van der Waals surface area (Å²) in [7, 11) is 0. The maximum Gasteiger partial charge on any atom is 0.247 e. The van der Waals surface area contributed by atoms with Gasteiger partial charge in [-0.25, -0.2) is 9.97 Å². The van der Waals surface area contributed by atoms with Gasteiger partial charge in [-0.15, -0.1) is 0 Å². The Kier molecular flexibility index (Phi) is 6.18. The molecule has 0 saturated carbocycles. The average molecular weight is 405 g/mol. The second-order valence-electron chi connectivity index (χ2n) is 7.90. The molecule has 3 aromatic rings. The topological polar surface area (TPSA) is 67.2 Å². The molecule has 0 N–H and O–H groups in total. The summed E-state index contributed by atoms with van der Waals surface area (Å²) in [6, 6.07) is 9.81. The number of aryl methyl sites for hydroxylation is 1. The van der Waals surface area contributed by atoms with Crippen LogP contribution in [0.1, 0.15) is 30.5 Å². The lowest BCUT2D eigenvalue weighted by molar-refractivity contribution is -0.134. The van der Waals surface area contributed by atoms with Gasteiger partial charge < -0.3 is 4.90 Å². The number of hydrogen-bond donors (Lipinski definition) is 0. The Labute approximate surface area is 177 Å². The van der Waals surface area contributed by atoms with Crippen LogP contribution in [-0.4, -0.2) is 61.6 Å². The summed E-state index contributed by atoms with van der Waals surface area (Å²) in [6.07, 6.45) is 8.34. The molecular weight excluding hydrogens is 376 g/mol. The summed E-state index contributed by atoms with van der Waals surface area (Å²) in [4.78, 5) is 26.3. The monoisotopic (exact) mass is 404 g/mol. The molecule has 30 heavy (non-hydrogen) atoms. The third-order valence-electron chi connectivity index (χ3n) is 5.57. The largest absolute Gasteiger partial charge is 0.340 e. The Bertz CT molecular complexity index is 970. The molecule has 1 saturated heterocycles. The maximum atomic E-state index is 12.8. The van der Waals surface area contributed by atoms with E-state index in [2.05, 4.69) is 39.0 Å². The average Bonchev–Trinajstić information content (AvgIpc) is 3.20. The van der Waals surface area contributed by atoms with Crippen molar-refractivity contribution >= 4 is 5.91 Å². The molecule has 0 bridgehead atoms. The van der Waals surface area contributed by atoms with Crippen LogP contribution in [0.4, 0.5) is 0 Å². The Morgan fingerprint density at radius 2 is 1.93 bits per heavy atom. The fourth-order valence-corrected chi connectivity index (χ4v) is 3.86. The van der Waals surface area contributed by atoms with E-state index in [1.165, 1.54) is 5.56 Å². The highest BCUT2D eigenvalue weighted by molar-refractivity contribution is 5.80. The van der Waals surface area contributed by atoms with Gasteiger partial charge in [0.15, 0.2) is 5.82 Å². The number of benzene rings is 1. The third kappa shape index (κ3) is 4.74. The van der Waals surface area contributed by atoms with Gasteiger partial charge >= 0.3 is 0 Å². The Balaban J connectivity index is 1.34. The molecule has 4 rings (SSSR count). The number of carbonyl (C=O) groups excluding carboxylic acids is 1. The highest BCUT2D eigenvalue weighted by Gasteiger charge is 2.24. The van der Waals surface area contributed by atoms with Crippen LogP contribution < -0.4 is 0 Å². The van der Waals surface area contributed by atoms with Gasteiger partial charge in [0.2, 0.25) is 5.91 Å². The van der Waals surface area contributed by atoms with E-state index in [1.54, 1.807) is 10.9 Å². The van der Waals surface area contributed by atoms with Gasteiger partial charge in [-0.3, -0.25) is 14.4 Å². The highest BCUT2D eigenvalue weighted by Crippen LogP contribution is 2.17. The Morgan fingerprint density at radius 3 is 2.67 bits per heavy atom. The molecular formula is C23H28N6O. The van der Waals surface area contributed by atoms with Gasteiger partial charge in [0.1, 0.15) is 6.04 Å². The summed E-state index contributed by atoms with van der Waals surface area (Å²) in [5.74, 6) is 0.883. The molecule has 1 aliphatic heterocycles. The standard InChI is InChI=1S/C23H28N6O/c1-18-6-3-7-21(14-18)22-24-15-20(16-25-22)17-27-9-5-10-28(13-12-27)23(30)19(2)29-11-4-8-26-29/h3-4,6-8,11,14-16,19H,5,9-10,12-13,17H2,1-2H3. The van der Waals surface area contributed by atoms with E-state index in [-0.39, 0.29) is 11.9 Å². The van der Waals surface area contributed by atoms with Crippen LogP contribution in [0.15, 0.2) is 55.1 Å². The van der Waals surface area contributed by atoms with E-state index in [0.29, 0.717) is 0 Å². The highest BCUT2D eigenvalue weighted by atomic mass is 16.2. The predicted octanol–water partition coefficient (Wildman–Crippen LogP) is 2.94. The summed E-state index contributed by atoms with van der Waals surface area (Å²) in [5.41, 5.74) is 3.33. The second kappa shape index (κ2) is 9.17. The van der Waals surface area contributed by atoms with E-state index >= 15 is 0 Å². The Morgan fingerprint density at radius 1 is 1.10 bits per heavy atom. The Hall–Kier alpha value is -3.06. The molecule has 7 nitrogen and oxygen atoms in total. The molecule has 1 aromatic carbocycles. The van der Waals surface area contributed by atoms with Gasteiger partial charge in [0, 0.05) is 68.6 Å². The number of rotatable bonds is 5. The normalized spacial score (nSPS) is 16.3. The molecule has 1 amide bonds.